The highest BCUT2D eigenvalue weighted by molar-refractivity contribution is 7.80. The number of thiocarbonyl (C=S) groups is 2. The molecule has 56 heavy (non-hydrogen) atoms. The monoisotopic (exact) mass is 791 g/mol. The minimum absolute atomic E-state index is 0.388. The van der Waals surface area contributed by atoms with Crippen molar-refractivity contribution >= 4 is 46.0 Å². The Morgan fingerprint density at radius 1 is 0.482 bits per heavy atom. The Morgan fingerprint density at radius 2 is 0.857 bits per heavy atom. The first kappa shape index (κ1) is 41.2. The van der Waals surface area contributed by atoms with Gasteiger partial charge in [-0.2, -0.15) is 0 Å². The fourth-order valence-corrected chi connectivity index (χ4v) is 11.8. The van der Waals surface area contributed by atoms with E-state index in [-0.39, 0.29) is 0 Å². The van der Waals surface area contributed by atoms with Crippen LogP contribution in [0.25, 0.3) is 0 Å². The number of fused-ring (bicyclic) bond motifs is 6. The largest absolute Gasteiger partial charge is 0.358 e. The van der Waals surface area contributed by atoms with E-state index in [4.69, 9.17) is 24.4 Å². The zero-order valence-corrected chi connectivity index (χ0v) is 36.3. The van der Waals surface area contributed by atoms with E-state index in [1.807, 2.05) is 0 Å². The minimum Gasteiger partial charge on any atom is -0.358 e. The predicted octanol–water partition coefficient (Wildman–Crippen LogP) is 13.8. The molecule has 0 atom stereocenters. The van der Waals surface area contributed by atoms with Crippen LogP contribution >= 0.6 is 24.4 Å². The lowest BCUT2D eigenvalue weighted by Gasteiger charge is -2.54. The molecule has 6 aliphatic carbocycles. The molecule has 0 aromatic heterocycles. The van der Waals surface area contributed by atoms with Crippen LogP contribution in [0, 0.1) is 10.8 Å². The Bertz CT molecular complexity index is 1570. The van der Waals surface area contributed by atoms with Crippen LogP contribution < -0.4 is 21.3 Å². The van der Waals surface area contributed by atoms with Gasteiger partial charge in [0, 0.05) is 24.5 Å². The van der Waals surface area contributed by atoms with Crippen LogP contribution in [0.15, 0.2) is 72.8 Å². The van der Waals surface area contributed by atoms with Crippen molar-refractivity contribution in [3.8, 4) is 0 Å². The molecule has 0 saturated heterocycles. The summed E-state index contributed by atoms with van der Waals surface area (Å²) in [5.74, 6) is 0. The topological polar surface area (TPSA) is 48.1 Å². The minimum atomic E-state index is 0.388. The van der Waals surface area contributed by atoms with Crippen molar-refractivity contribution in [2.75, 3.05) is 10.6 Å². The molecule has 0 amide bonds. The van der Waals surface area contributed by atoms with Crippen LogP contribution in [-0.4, -0.2) is 10.2 Å². The average Bonchev–Trinajstić information content (AvgIpc) is 3.24. The Labute approximate surface area is 350 Å². The van der Waals surface area contributed by atoms with Crippen LogP contribution in [-0.2, 0) is 23.9 Å². The second-order valence-electron chi connectivity index (χ2n) is 18.8. The molecule has 302 valence electrons. The van der Waals surface area contributed by atoms with Crippen LogP contribution in [0.4, 0.5) is 11.4 Å². The van der Waals surface area contributed by atoms with E-state index in [2.05, 4.69) is 108 Å². The molecule has 6 saturated carbocycles. The molecule has 4 bridgehead atoms. The molecule has 0 unspecified atom stereocenters. The molecule has 6 fully saturated rings. The van der Waals surface area contributed by atoms with Crippen molar-refractivity contribution in [3.05, 3.63) is 95.1 Å². The highest BCUT2D eigenvalue weighted by Crippen LogP contribution is 2.60. The molecule has 6 heteroatoms. The van der Waals surface area contributed by atoms with Crippen LogP contribution in [0.2, 0.25) is 0 Å². The Balaban J connectivity index is 0.815. The lowest BCUT2D eigenvalue weighted by Crippen LogP contribution is -2.44. The summed E-state index contributed by atoms with van der Waals surface area (Å²) < 4.78 is 0. The summed E-state index contributed by atoms with van der Waals surface area (Å²) in [6.45, 7) is 5.96. The number of benzene rings is 3. The van der Waals surface area contributed by atoms with Gasteiger partial charge in [0.2, 0.25) is 0 Å². The molecule has 6 aliphatic rings. The zero-order valence-electron chi connectivity index (χ0n) is 34.7. The van der Waals surface area contributed by atoms with Gasteiger partial charge in [-0.3, -0.25) is 0 Å². The average molecular weight is 791 g/mol. The van der Waals surface area contributed by atoms with Gasteiger partial charge in [0.1, 0.15) is 0 Å². The predicted molar refractivity (Wildman–Crippen MR) is 247 cm³/mol. The normalized spacial score (nSPS) is 26.5. The maximum atomic E-state index is 5.71. The molecular formula is C50H70N4S2. The maximum Gasteiger partial charge on any atom is 0.171 e. The molecular weight excluding hydrogens is 721 g/mol. The summed E-state index contributed by atoms with van der Waals surface area (Å²) in [5, 5.41) is 15.0. The fourth-order valence-electron chi connectivity index (χ4n) is 11.4. The van der Waals surface area contributed by atoms with Crippen LogP contribution in [0.5, 0.6) is 0 Å². The summed E-state index contributed by atoms with van der Waals surface area (Å²) in [7, 11) is 0. The van der Waals surface area contributed by atoms with E-state index in [9.17, 15) is 0 Å². The molecule has 3 aromatic rings. The quantitative estimate of drug-likeness (QED) is 0.0761. The molecule has 4 nitrogen and oxygen atoms in total. The highest BCUT2D eigenvalue weighted by atomic mass is 32.1. The summed E-state index contributed by atoms with van der Waals surface area (Å²) in [6.07, 6.45) is 30.7. The number of nitrogens with one attached hydrogen (secondary N) is 4. The van der Waals surface area contributed by atoms with Gasteiger partial charge in [0.05, 0.1) is 0 Å². The molecule has 0 heterocycles. The second-order valence-corrected chi connectivity index (χ2v) is 19.6. The lowest BCUT2D eigenvalue weighted by molar-refractivity contribution is 0.0305. The number of hydrogen-bond donors (Lipinski definition) is 4. The SMILES string of the molecule is CCCCCCC12CCC(c3ccc(NC(=S)NCc4cccc(CNC(=S)Nc5ccc(C67CCC(CCCCCC)(CC6)CC7)cc5)c4)cc3)(CC1)CC2. The van der Waals surface area contributed by atoms with Crippen molar-refractivity contribution in [3.63, 3.8) is 0 Å². The van der Waals surface area contributed by atoms with Gasteiger partial charge in [-0.05, 0) is 183 Å². The third kappa shape index (κ3) is 10.0. The number of anilines is 2. The molecule has 0 spiro atoms. The van der Waals surface area contributed by atoms with E-state index in [0.717, 1.165) is 11.4 Å². The number of rotatable bonds is 18. The van der Waals surface area contributed by atoms with Crippen molar-refractivity contribution in [2.24, 2.45) is 10.8 Å². The smallest absolute Gasteiger partial charge is 0.171 e. The third-order valence-electron chi connectivity index (χ3n) is 15.3. The first-order valence-corrected chi connectivity index (χ1v) is 23.5. The summed E-state index contributed by atoms with van der Waals surface area (Å²) in [6, 6.07) is 27.0. The highest BCUT2D eigenvalue weighted by Gasteiger charge is 2.49. The van der Waals surface area contributed by atoms with E-state index in [1.165, 1.54) is 164 Å². The Hall–Kier alpha value is -2.96. The van der Waals surface area contributed by atoms with E-state index in [1.54, 1.807) is 0 Å². The zero-order chi connectivity index (χ0) is 38.9. The van der Waals surface area contributed by atoms with Gasteiger partial charge in [0.15, 0.2) is 10.2 Å². The first-order chi connectivity index (χ1) is 27.3. The van der Waals surface area contributed by atoms with Crippen LogP contribution in [0.1, 0.15) is 177 Å². The van der Waals surface area contributed by atoms with Crippen molar-refractivity contribution in [1.29, 1.82) is 0 Å². The Morgan fingerprint density at radius 3 is 1.21 bits per heavy atom. The van der Waals surface area contributed by atoms with Gasteiger partial charge in [0.25, 0.3) is 0 Å². The standard InChI is InChI=1S/C50H70N4S2/c1-3-5-7-9-22-47-24-30-49(31-25-47,32-26-47)41-14-18-43(19-15-41)53-45(55)51-37-39-12-11-13-40(36-39)38-52-46(56)54-44-20-16-42(17-21-44)50-33-27-48(28-34-50,29-35-50)23-10-8-6-4-2/h11-21,36H,3-10,22-35,37-38H2,1-2H3,(H2,51,53,55)(H2,52,54,56). The van der Waals surface area contributed by atoms with Gasteiger partial charge < -0.3 is 21.3 Å². The fraction of sp³-hybridized carbons (Fsp3) is 0.600. The number of hydrogen-bond acceptors (Lipinski definition) is 2. The first-order valence-electron chi connectivity index (χ1n) is 22.7. The van der Waals surface area contributed by atoms with Crippen LogP contribution in [0.3, 0.4) is 0 Å². The summed E-state index contributed by atoms with van der Waals surface area (Å²) in [4.78, 5) is 0. The Kier molecular flexibility index (Phi) is 13.8. The van der Waals surface area contributed by atoms with Crippen molar-refractivity contribution in [1.82, 2.24) is 10.6 Å². The van der Waals surface area contributed by atoms with E-state index >= 15 is 0 Å². The van der Waals surface area contributed by atoms with Crippen molar-refractivity contribution in [2.45, 2.75) is 179 Å². The second kappa shape index (κ2) is 18.7. The molecule has 9 rings (SSSR count). The van der Waals surface area contributed by atoms with E-state index in [0.29, 0.717) is 45.0 Å². The summed E-state index contributed by atoms with van der Waals surface area (Å²) in [5.41, 5.74) is 9.60. The molecule has 0 radical (unpaired) electrons. The summed E-state index contributed by atoms with van der Waals surface area (Å²) >= 11 is 11.4. The molecule has 0 aliphatic heterocycles. The van der Waals surface area contributed by atoms with Crippen molar-refractivity contribution < 1.29 is 0 Å². The third-order valence-corrected chi connectivity index (χ3v) is 15.8. The van der Waals surface area contributed by atoms with Gasteiger partial charge >= 0.3 is 0 Å². The molecule has 3 aromatic carbocycles. The van der Waals surface area contributed by atoms with Gasteiger partial charge in [-0.25, -0.2) is 0 Å². The molecule has 4 N–H and O–H groups in total. The van der Waals surface area contributed by atoms with Gasteiger partial charge in [-0.1, -0.05) is 114 Å². The van der Waals surface area contributed by atoms with E-state index < -0.39 is 0 Å². The lowest BCUT2D eigenvalue weighted by atomic mass is 9.51. The van der Waals surface area contributed by atoms with Gasteiger partial charge in [-0.15, -0.1) is 0 Å². The number of unbranched alkanes of at least 4 members (excludes halogenated alkanes) is 6. The maximum absolute atomic E-state index is 5.71.